The Kier molecular flexibility index (Phi) is 32.4. The van der Waals surface area contributed by atoms with Crippen molar-refractivity contribution in [2.24, 2.45) is 0 Å². The number of hydrogen-bond donors (Lipinski definition) is 5. The number of halogens is 1. The molecule has 25 heteroatoms. The average molecular weight is 1070 g/mol. The number of amides is 4. The first kappa shape index (κ1) is 61.0. The molecule has 2 fully saturated rings. The fourth-order valence-electron chi connectivity index (χ4n) is 5.63. The van der Waals surface area contributed by atoms with Crippen LogP contribution in [0.15, 0.2) is 48.5 Å². The van der Waals surface area contributed by atoms with Gasteiger partial charge >= 0.3 is 35.6 Å². The number of nitrogens with one attached hydrogen (secondary N) is 2. The number of carbonyl (C=O) groups is 6. The van der Waals surface area contributed by atoms with E-state index >= 15 is 0 Å². The van der Waals surface area contributed by atoms with E-state index in [1.165, 1.54) is 45.3 Å². The number of unbranched alkanes of at least 4 members (excludes halogenated alkanes) is 2. The number of aliphatic hydroxyl groups excluding tert-OH is 3. The monoisotopic (exact) mass is 1070 g/mol. The van der Waals surface area contributed by atoms with Crippen LogP contribution in [0.2, 0.25) is 0 Å². The number of aliphatic hydroxyl groups is 3. The first-order chi connectivity index (χ1) is 33.1. The Labute approximate surface area is 422 Å². The van der Waals surface area contributed by atoms with E-state index in [-0.39, 0.29) is 32.7 Å². The average Bonchev–Trinajstić information content (AvgIpc) is 4.05. The number of ether oxygens (including phenoxy) is 9. The van der Waals surface area contributed by atoms with Gasteiger partial charge in [-0.15, -0.1) is 0 Å². The van der Waals surface area contributed by atoms with Crippen LogP contribution >= 0.6 is 54.8 Å². The molecule has 6 atom stereocenters. The van der Waals surface area contributed by atoms with E-state index in [2.05, 4.69) is 4.74 Å². The van der Waals surface area contributed by atoms with Crippen LogP contribution in [0.3, 0.4) is 0 Å². The van der Waals surface area contributed by atoms with Crippen LogP contribution in [-0.2, 0) is 33.3 Å². The van der Waals surface area contributed by atoms with Crippen LogP contribution in [0.5, 0.6) is 23.0 Å². The molecule has 4 amide bonds. The number of para-hydroxylation sites is 4. The zero-order chi connectivity index (χ0) is 50.8. The number of rotatable bonds is 25. The van der Waals surface area contributed by atoms with Crippen LogP contribution in [0.25, 0.3) is 0 Å². The molecule has 0 aliphatic carbocycles. The third-order valence-electron chi connectivity index (χ3n) is 8.93. The molecule has 0 radical (unpaired) electrons. The highest BCUT2D eigenvalue weighted by atomic mass is 35.5. The van der Waals surface area contributed by atoms with Gasteiger partial charge in [0.05, 0.1) is 20.8 Å². The zero-order valence-electron chi connectivity index (χ0n) is 38.9. The number of carbonyl (C=O) groups excluding carboxylic acids is 6. The van der Waals surface area contributed by atoms with Crippen LogP contribution in [-0.4, -0.2) is 138 Å². The summed E-state index contributed by atoms with van der Waals surface area (Å²) in [5.41, 5.74) is 0. The van der Waals surface area contributed by atoms with Crippen molar-refractivity contribution < 1.29 is 86.7 Å². The molecule has 0 saturated carbocycles. The Balaban J connectivity index is 0.000000395. The molecule has 0 bridgehead atoms. The van der Waals surface area contributed by atoms with E-state index in [1.54, 1.807) is 48.8 Å². The maximum absolute atomic E-state index is 11.9. The molecule has 2 saturated heterocycles. The normalized spacial score (nSPS) is 16.5. The molecule has 4 unspecified atom stereocenters. The van der Waals surface area contributed by atoms with Crippen molar-refractivity contribution in [1.82, 2.24) is 10.6 Å². The van der Waals surface area contributed by atoms with Crippen LogP contribution < -0.4 is 29.6 Å². The third kappa shape index (κ3) is 29.6. The van der Waals surface area contributed by atoms with Gasteiger partial charge in [-0.3, -0.25) is 14.4 Å². The standard InChI is InChI=1S/C22H31NO9S2.C12H18ClNO5S2.C10H14O4/c1-15(31-20(25)10-6-3-7-17-11-12-33-34-17)32-22(27)23-21(26)30-14-16(24)13-29-19-9-5-4-8-18(19)28-2;1-8(19-12(17)14-11(13)16)18-10(15)5-3-2-4-9-6-7-20-21-9;1-13-9-4-2-3-5-10(9)14-7-8(12)6-11/h4-5,8-9,15-17,24H,3,6-7,10-14H2,1-2H3,(H,23,26,27);8-9H,2-7H2,1H3,(H,14,16,17);2-5,8,11-12H,6-7H2,1H3/t15?,16?,17-;8?,9-;/m11./s1. The van der Waals surface area contributed by atoms with E-state index in [0.29, 0.717) is 39.9 Å². The third-order valence-corrected chi connectivity index (χ3v) is 15.0. The van der Waals surface area contributed by atoms with Crippen molar-refractivity contribution in [2.75, 3.05) is 52.2 Å². The summed E-state index contributed by atoms with van der Waals surface area (Å²) in [5.74, 6) is 3.57. The second kappa shape index (κ2) is 36.7. The Morgan fingerprint density at radius 3 is 1.46 bits per heavy atom. The maximum atomic E-state index is 11.9. The molecular formula is C44H63ClN2O18S4. The lowest BCUT2D eigenvalue weighted by Crippen LogP contribution is -2.36. The zero-order valence-corrected chi connectivity index (χ0v) is 42.9. The van der Waals surface area contributed by atoms with Crippen LogP contribution in [0, 0.1) is 0 Å². The quantitative estimate of drug-likeness (QED) is 0.0120. The fraction of sp³-hybridized carbons (Fsp3) is 0.591. The summed E-state index contributed by atoms with van der Waals surface area (Å²) in [4.78, 5) is 68.2. The van der Waals surface area contributed by atoms with Gasteiger partial charge in [-0.05, 0) is 74.4 Å². The Hall–Kier alpha value is -4.17. The summed E-state index contributed by atoms with van der Waals surface area (Å²) in [6.45, 7) is 1.92. The Morgan fingerprint density at radius 2 is 1.06 bits per heavy atom. The lowest BCUT2D eigenvalue weighted by atomic mass is 10.1. The van der Waals surface area contributed by atoms with Crippen molar-refractivity contribution >= 4 is 90.4 Å². The predicted octanol–water partition coefficient (Wildman–Crippen LogP) is 8.00. The van der Waals surface area contributed by atoms with Gasteiger partial charge in [0, 0.05) is 48.7 Å². The molecule has 2 heterocycles. The van der Waals surface area contributed by atoms with Gasteiger partial charge in [-0.2, -0.15) is 0 Å². The first-order valence-electron chi connectivity index (χ1n) is 21.9. The van der Waals surface area contributed by atoms with E-state index in [0.717, 1.165) is 32.1 Å². The number of methoxy groups -OCH3 is 2. The molecule has 5 N–H and O–H groups in total. The minimum atomic E-state index is -1.16. The maximum Gasteiger partial charge on any atom is 0.419 e. The van der Waals surface area contributed by atoms with Crippen molar-refractivity contribution in [3.8, 4) is 23.0 Å². The lowest BCUT2D eigenvalue weighted by Gasteiger charge is -2.16. The number of alkyl carbamates (subject to hydrolysis) is 3. The van der Waals surface area contributed by atoms with Gasteiger partial charge in [0.1, 0.15) is 32.0 Å². The minimum Gasteiger partial charge on any atom is -0.493 e. The van der Waals surface area contributed by atoms with Crippen molar-refractivity contribution in [2.45, 2.75) is 113 Å². The molecule has 20 nitrogen and oxygen atoms in total. The summed E-state index contributed by atoms with van der Waals surface area (Å²) >= 11 is 4.94. The van der Waals surface area contributed by atoms with E-state index in [9.17, 15) is 33.9 Å². The SMILES string of the molecule is CC(OC(=O)CCCC[C@@H]1CCSS1)OC(=O)NC(=O)Cl.COc1ccccc1OCC(O)CO.COc1ccccc1OCC(O)COC(=O)NC(=O)OC(C)OC(=O)CCCC[C@@H]1CCSS1. The molecule has 69 heavy (non-hydrogen) atoms. The molecule has 2 aliphatic heterocycles. The van der Waals surface area contributed by atoms with Gasteiger partial charge in [-0.25, -0.2) is 25.0 Å². The largest absolute Gasteiger partial charge is 0.493 e. The second-order valence-corrected chi connectivity index (χ2v) is 20.5. The molecule has 388 valence electrons. The number of hydrogen-bond acceptors (Lipinski definition) is 22. The van der Waals surface area contributed by atoms with Crippen LogP contribution in [0.4, 0.5) is 19.2 Å². The summed E-state index contributed by atoms with van der Waals surface area (Å²) in [6, 6.07) is 14.0. The molecule has 2 aromatic rings. The fourth-order valence-corrected chi connectivity index (χ4v) is 11.8. The summed E-state index contributed by atoms with van der Waals surface area (Å²) in [6.07, 6.45) is 0.967. The lowest BCUT2D eigenvalue weighted by molar-refractivity contribution is -0.166. The van der Waals surface area contributed by atoms with E-state index in [1.807, 2.05) is 60.6 Å². The van der Waals surface area contributed by atoms with E-state index in [4.69, 9.17) is 59.7 Å². The van der Waals surface area contributed by atoms with Gasteiger partial charge in [-0.1, -0.05) is 80.3 Å². The Bertz CT molecular complexity index is 1830. The van der Waals surface area contributed by atoms with Crippen molar-refractivity contribution in [3.05, 3.63) is 48.5 Å². The predicted molar refractivity (Wildman–Crippen MR) is 263 cm³/mol. The smallest absolute Gasteiger partial charge is 0.419 e. The van der Waals surface area contributed by atoms with Crippen molar-refractivity contribution in [3.63, 3.8) is 0 Å². The summed E-state index contributed by atoms with van der Waals surface area (Å²) < 4.78 is 44.9. The second-order valence-electron chi connectivity index (χ2n) is 14.6. The Morgan fingerprint density at radius 1 is 0.623 bits per heavy atom. The van der Waals surface area contributed by atoms with Crippen LogP contribution in [0.1, 0.15) is 78.1 Å². The van der Waals surface area contributed by atoms with Gasteiger partial charge in [0.25, 0.3) is 0 Å². The topological polar surface area (TPSA) is 270 Å². The summed E-state index contributed by atoms with van der Waals surface area (Å²) in [7, 11) is 10.7. The number of benzene rings is 2. The van der Waals surface area contributed by atoms with Gasteiger partial charge in [0.2, 0.25) is 12.6 Å². The number of esters is 2. The molecule has 2 aromatic carbocycles. The summed E-state index contributed by atoms with van der Waals surface area (Å²) in [5, 5.41) is 31.4. The van der Waals surface area contributed by atoms with Crippen molar-refractivity contribution in [1.29, 1.82) is 0 Å². The molecule has 4 rings (SSSR count). The molecule has 2 aliphatic rings. The highest BCUT2D eigenvalue weighted by molar-refractivity contribution is 8.77. The molecule has 0 aromatic heterocycles. The minimum absolute atomic E-state index is 0.0525. The molecular weight excluding hydrogens is 1010 g/mol. The molecule has 0 spiro atoms. The number of imide groups is 2. The highest BCUT2D eigenvalue weighted by Gasteiger charge is 2.21. The first-order valence-corrected chi connectivity index (χ1v) is 27.0. The van der Waals surface area contributed by atoms with Gasteiger partial charge in [0.15, 0.2) is 23.0 Å². The van der Waals surface area contributed by atoms with Gasteiger partial charge < -0.3 is 58.0 Å². The highest BCUT2D eigenvalue weighted by Crippen LogP contribution is 2.40. The van der Waals surface area contributed by atoms with E-state index < -0.39 is 67.0 Å².